The van der Waals surface area contributed by atoms with E-state index in [0.29, 0.717) is 57.7 Å². The molecule has 4 fully saturated rings. The van der Waals surface area contributed by atoms with E-state index in [0.717, 1.165) is 89.0 Å². The van der Waals surface area contributed by atoms with E-state index in [1.807, 2.05) is 87.0 Å². The van der Waals surface area contributed by atoms with Gasteiger partial charge < -0.3 is 44.9 Å². The zero-order valence-electron chi connectivity index (χ0n) is 47.1. The molecule has 0 radical (unpaired) electrons. The predicted molar refractivity (Wildman–Crippen MR) is 306 cm³/mol. The number of β-amino-alcohol motifs (C(OH)–C–C–N with tert-alkyl or cyclic N) is 1. The molecule has 1 aliphatic carbocycles. The maximum Gasteiger partial charge on any atom is 0.319 e. The van der Waals surface area contributed by atoms with Crippen LogP contribution in [-0.2, 0) is 27.5 Å². The van der Waals surface area contributed by atoms with Gasteiger partial charge in [-0.25, -0.2) is 9.07 Å². The van der Waals surface area contributed by atoms with E-state index in [4.69, 9.17) is 24.2 Å². The molecule has 428 valence electrons. The fourth-order valence-corrected chi connectivity index (χ4v) is 12.3. The lowest BCUT2D eigenvalue weighted by molar-refractivity contribution is -0.142. The number of carbonyl (C=O) groups is 2. The Morgan fingerprint density at radius 1 is 0.939 bits per heavy atom. The third-order valence-electron chi connectivity index (χ3n) is 16.8. The maximum absolute atomic E-state index is 16.1. The molecule has 20 nitrogen and oxygen atoms in total. The summed E-state index contributed by atoms with van der Waals surface area (Å²) in [6, 6.07) is 18.9. The number of H-pyrrole nitrogens is 1. The lowest BCUT2D eigenvalue weighted by Gasteiger charge is -2.33. The summed E-state index contributed by atoms with van der Waals surface area (Å²) in [6.07, 6.45) is 7.16. The summed E-state index contributed by atoms with van der Waals surface area (Å²) < 4.78 is 38.6. The van der Waals surface area contributed by atoms with Crippen LogP contribution in [0.25, 0.3) is 55.4 Å². The summed E-state index contributed by atoms with van der Waals surface area (Å²) in [6.45, 7) is 12.7. The van der Waals surface area contributed by atoms with Gasteiger partial charge in [0.2, 0.25) is 11.8 Å². The van der Waals surface area contributed by atoms with E-state index in [1.54, 1.807) is 32.6 Å². The number of benzene rings is 4. The number of aromatic nitrogens is 9. The largest absolute Gasteiger partial charge is 0.486 e. The molecule has 82 heavy (non-hydrogen) atoms. The van der Waals surface area contributed by atoms with Crippen LogP contribution in [0.1, 0.15) is 93.6 Å². The molecule has 4 aromatic carbocycles. The number of ether oxygens (including phenoxy) is 3. The fraction of sp³-hybridized carbons (Fsp3) is 0.443. The van der Waals surface area contributed by atoms with Crippen molar-refractivity contribution in [1.29, 1.82) is 0 Å². The van der Waals surface area contributed by atoms with Gasteiger partial charge in [0.05, 0.1) is 48.5 Å². The van der Waals surface area contributed by atoms with Gasteiger partial charge in [0.25, 0.3) is 0 Å². The molecule has 3 aliphatic heterocycles. The van der Waals surface area contributed by atoms with E-state index in [9.17, 15) is 19.8 Å². The van der Waals surface area contributed by atoms with Crippen molar-refractivity contribution in [3.05, 3.63) is 113 Å². The van der Waals surface area contributed by atoms with Gasteiger partial charge in [-0.15, -0.1) is 5.10 Å². The Morgan fingerprint density at radius 2 is 1.73 bits per heavy atom. The number of amides is 2. The number of likely N-dealkylation sites (tertiary alicyclic amines) is 1. The Labute approximate surface area is 474 Å². The Balaban J connectivity index is 0.821. The predicted octanol–water partition coefficient (Wildman–Crippen LogP) is 7.44. The molecule has 7 atom stereocenters. The van der Waals surface area contributed by atoms with Gasteiger partial charge in [-0.05, 0) is 104 Å². The molecule has 3 saturated heterocycles. The van der Waals surface area contributed by atoms with E-state index >= 15 is 4.39 Å². The lowest BCUT2D eigenvalue weighted by atomic mass is 9.88. The van der Waals surface area contributed by atoms with Crippen molar-refractivity contribution < 1.29 is 38.4 Å². The van der Waals surface area contributed by atoms with E-state index in [-0.39, 0.29) is 68.5 Å². The van der Waals surface area contributed by atoms with Crippen LogP contribution in [0.4, 0.5) is 10.2 Å². The number of halogens is 1. The molecule has 7 heterocycles. The maximum atomic E-state index is 16.1. The number of aromatic amines is 1. The Bertz CT molecular complexity index is 3620. The molecule has 5 N–H and O–H groups in total. The summed E-state index contributed by atoms with van der Waals surface area (Å²) in [5.41, 5.74) is 8.81. The van der Waals surface area contributed by atoms with Gasteiger partial charge in [0.1, 0.15) is 48.1 Å². The number of hydrogen-bond acceptors (Lipinski definition) is 15. The van der Waals surface area contributed by atoms with E-state index < -0.39 is 30.1 Å². The normalized spacial score (nSPS) is 20.0. The first kappa shape index (κ1) is 54.7. The molecule has 0 spiro atoms. The molecule has 4 aromatic heterocycles. The minimum Gasteiger partial charge on any atom is -0.486 e. The number of anilines is 1. The van der Waals surface area contributed by atoms with Crippen LogP contribution < -0.4 is 25.0 Å². The fourth-order valence-electron chi connectivity index (χ4n) is 12.3. The molecular weight excluding hydrogens is 1050 g/mol. The first-order valence-electron chi connectivity index (χ1n) is 28.6. The summed E-state index contributed by atoms with van der Waals surface area (Å²) >= 11 is 0. The highest BCUT2D eigenvalue weighted by atomic mass is 19.1. The summed E-state index contributed by atoms with van der Waals surface area (Å²) in [4.78, 5) is 42.7. The van der Waals surface area contributed by atoms with Gasteiger partial charge in [-0.2, -0.15) is 20.2 Å². The molecule has 2 amide bonds. The third kappa shape index (κ3) is 10.7. The zero-order valence-corrected chi connectivity index (χ0v) is 47.1. The van der Waals surface area contributed by atoms with Gasteiger partial charge >= 0.3 is 6.01 Å². The molecule has 1 saturated carbocycles. The van der Waals surface area contributed by atoms with Crippen LogP contribution in [-0.4, -0.2) is 143 Å². The molecule has 8 aromatic rings. The van der Waals surface area contributed by atoms with Crippen molar-refractivity contribution >= 4 is 39.4 Å². The SMILES string of the molecule is CCn1nccc1-c1ccc([C@H](CO)NC(=O)[C@@H]2C[C@@H](O)CN2C(=O)[C@H](C(C)C)n2cc(-c3ccc(COc4c(-c5c(C)c(F)cc6[nH]ncc56)c(C5CC5)cc5c(N6C[C@H]7CN[C@H](C7)C6)nc(OC[C@H](C)OC)nc45)cc3)nn2)cc1. The van der Waals surface area contributed by atoms with Gasteiger partial charge in [-0.3, -0.25) is 19.4 Å². The number of aliphatic hydroxyl groups excluding tert-OH is 2. The van der Waals surface area contributed by atoms with Gasteiger partial charge in [0.15, 0.2) is 5.75 Å². The Hall–Kier alpha value is -7.85. The molecule has 2 bridgehead atoms. The number of hydrogen-bond donors (Lipinski definition) is 5. The number of nitrogens with one attached hydrogen (secondary N) is 3. The van der Waals surface area contributed by atoms with Crippen LogP contribution >= 0.6 is 0 Å². The minimum absolute atomic E-state index is 0.0388. The smallest absolute Gasteiger partial charge is 0.319 e. The van der Waals surface area contributed by atoms with Crippen LogP contribution in [0.15, 0.2) is 85.3 Å². The van der Waals surface area contributed by atoms with Crippen LogP contribution in [0, 0.1) is 24.6 Å². The van der Waals surface area contributed by atoms with Crippen molar-refractivity contribution in [1.82, 2.24) is 60.5 Å². The quantitative estimate of drug-likeness (QED) is 0.0499. The van der Waals surface area contributed by atoms with Crippen molar-refractivity contribution in [3.63, 3.8) is 0 Å². The molecule has 12 rings (SSSR count). The number of aryl methyl sites for hydroxylation is 1. The minimum atomic E-state index is -0.986. The van der Waals surface area contributed by atoms with E-state index in [1.165, 1.54) is 15.6 Å². The summed E-state index contributed by atoms with van der Waals surface area (Å²) in [5, 5.41) is 50.3. The number of piperidine rings is 1. The number of methoxy groups -OCH3 is 1. The van der Waals surface area contributed by atoms with Crippen molar-refractivity contribution in [3.8, 4) is 45.4 Å². The lowest BCUT2D eigenvalue weighted by Crippen LogP contribution is -2.50. The number of aliphatic hydroxyl groups is 2. The number of nitrogens with zero attached hydrogens (tertiary/aromatic N) is 10. The number of carbonyl (C=O) groups excluding carboxylic acids is 2. The highest BCUT2D eigenvalue weighted by molar-refractivity contribution is 6.06. The van der Waals surface area contributed by atoms with Crippen molar-refractivity contribution in [2.24, 2.45) is 11.8 Å². The third-order valence-corrected chi connectivity index (χ3v) is 16.8. The second kappa shape index (κ2) is 22.8. The molecular formula is C61H70FN13O7. The Morgan fingerprint density at radius 3 is 2.46 bits per heavy atom. The first-order chi connectivity index (χ1) is 39.8. The van der Waals surface area contributed by atoms with Crippen molar-refractivity contribution in [2.75, 3.05) is 51.4 Å². The second-order valence-corrected chi connectivity index (χ2v) is 22.9. The van der Waals surface area contributed by atoms with E-state index in [2.05, 4.69) is 47.2 Å². The van der Waals surface area contributed by atoms with Gasteiger partial charge in [0, 0.05) is 86.0 Å². The number of rotatable bonds is 20. The van der Waals surface area contributed by atoms with Crippen LogP contribution in [0.5, 0.6) is 11.8 Å². The standard InChI is InChI=1S/C61H70FN13O7/c1-7-74-51(18-19-65-74)41-16-14-40(15-17-41)50(30-76)66-59(78)52-21-43(77)28-73(52)60(79)56(33(2)3)75-29-49(70-71-75)39-10-8-36(9-11-39)32-81-57-54(53-35(5)47(62)23-48-46(53)25-64-69-48)44(38-12-13-38)22-45-55(57)67-61(82-31-34(4)80-6)68-58(45)72-26-37-20-42(27-72)63-24-37/h8-11,14-19,22-23,25,29,33-34,37-38,42-43,50,52,56,63,76-77H,7,12-13,20-21,24,26-28,30-32H2,1-6H3,(H,64,69)(H,66,78)/t34-,37+,42+,43+,50-,52-,56-/m0/s1. The topological polar surface area (TPSA) is 236 Å². The zero-order chi connectivity index (χ0) is 56.9. The highest BCUT2D eigenvalue weighted by Gasteiger charge is 2.44. The van der Waals surface area contributed by atoms with Crippen LogP contribution in [0.2, 0.25) is 0 Å². The second-order valence-electron chi connectivity index (χ2n) is 22.9. The summed E-state index contributed by atoms with van der Waals surface area (Å²) in [5.74, 6) is 0.455. The summed E-state index contributed by atoms with van der Waals surface area (Å²) in [7, 11) is 1.64. The molecule has 21 heteroatoms. The average molecular weight is 1120 g/mol. The highest BCUT2D eigenvalue weighted by Crippen LogP contribution is 2.53. The molecule has 4 aliphatic rings. The Kier molecular flexibility index (Phi) is 15.2. The van der Waals surface area contributed by atoms with Crippen molar-refractivity contribution in [2.45, 2.75) is 116 Å². The average Bonchev–Trinajstić information content (AvgIpc) is 2.03. The first-order valence-corrected chi connectivity index (χ1v) is 28.6. The van der Waals surface area contributed by atoms with Crippen LogP contribution in [0.3, 0.4) is 0 Å². The monoisotopic (exact) mass is 1120 g/mol. The van der Waals surface area contributed by atoms with Gasteiger partial charge in [-0.1, -0.05) is 67.6 Å². The number of fused-ring (bicyclic) bond motifs is 4. The molecule has 0 unspecified atom stereocenters.